The molecule has 1 heterocycles. The Kier molecular flexibility index (Phi) is 4.88. The van der Waals surface area contributed by atoms with Gasteiger partial charge in [0.25, 0.3) is 5.56 Å². The van der Waals surface area contributed by atoms with Crippen LogP contribution in [0, 0.1) is 11.3 Å². The Labute approximate surface area is 125 Å². The van der Waals surface area contributed by atoms with E-state index in [1.807, 2.05) is 30.3 Å². The number of nitrogens with zero attached hydrogens (tertiary/aromatic N) is 3. The number of nitriles is 1. The third-order valence-corrected chi connectivity index (χ3v) is 2.92. The van der Waals surface area contributed by atoms with Crippen LogP contribution < -0.4 is 11.2 Å². The number of hydrogen-bond donors (Lipinski definition) is 0. The second-order valence-electron chi connectivity index (χ2n) is 4.45. The van der Waals surface area contributed by atoms with Gasteiger partial charge in [0.15, 0.2) is 6.61 Å². The molecule has 7 heteroatoms. The molecule has 22 heavy (non-hydrogen) atoms. The van der Waals surface area contributed by atoms with Gasteiger partial charge in [-0.05, 0) is 5.56 Å². The first-order valence-corrected chi connectivity index (χ1v) is 6.48. The van der Waals surface area contributed by atoms with Crippen molar-refractivity contribution in [3.05, 3.63) is 69.0 Å². The minimum atomic E-state index is -0.807. The molecule has 0 atom stereocenters. The number of ether oxygens (including phenoxy) is 1. The van der Waals surface area contributed by atoms with Crippen molar-refractivity contribution in [1.29, 1.82) is 5.26 Å². The van der Waals surface area contributed by atoms with Crippen LogP contribution in [-0.4, -0.2) is 21.7 Å². The third kappa shape index (κ3) is 3.70. The average Bonchev–Trinajstić information content (AvgIpc) is 2.53. The Balaban J connectivity index is 2.26. The van der Waals surface area contributed by atoms with Crippen LogP contribution >= 0.6 is 0 Å². The highest BCUT2D eigenvalue weighted by molar-refractivity contribution is 5.69. The van der Waals surface area contributed by atoms with E-state index in [4.69, 9.17) is 5.26 Å². The van der Waals surface area contributed by atoms with E-state index in [1.165, 1.54) is 16.8 Å². The summed E-state index contributed by atoms with van der Waals surface area (Å²) < 4.78 is 6.66. The molecule has 0 amide bonds. The number of esters is 1. The lowest BCUT2D eigenvalue weighted by Gasteiger charge is -2.09. The van der Waals surface area contributed by atoms with E-state index in [0.29, 0.717) is 0 Å². The summed E-state index contributed by atoms with van der Waals surface area (Å²) in [5.74, 6) is -0.807. The Hall–Kier alpha value is -3.14. The topological polar surface area (TPSA) is 94.1 Å². The molecule has 0 N–H and O–H groups in total. The zero-order valence-corrected chi connectivity index (χ0v) is 11.6. The average molecular weight is 299 g/mol. The van der Waals surface area contributed by atoms with E-state index < -0.39 is 30.4 Å². The zero-order valence-electron chi connectivity index (χ0n) is 11.6. The molecule has 0 aliphatic heterocycles. The third-order valence-electron chi connectivity index (χ3n) is 2.92. The highest BCUT2D eigenvalue weighted by atomic mass is 16.5. The predicted octanol–water partition coefficient (Wildman–Crippen LogP) is 0.125. The first-order valence-electron chi connectivity index (χ1n) is 6.48. The van der Waals surface area contributed by atoms with Crippen LogP contribution in [0.15, 0.2) is 52.2 Å². The Morgan fingerprint density at radius 2 is 1.91 bits per heavy atom. The molecule has 0 aliphatic carbocycles. The van der Waals surface area contributed by atoms with Gasteiger partial charge < -0.3 is 4.74 Å². The number of hydrogen-bond acceptors (Lipinski definition) is 5. The van der Waals surface area contributed by atoms with E-state index in [9.17, 15) is 14.4 Å². The van der Waals surface area contributed by atoms with Crippen molar-refractivity contribution in [1.82, 2.24) is 9.13 Å². The standard InChI is InChI=1S/C15H13N3O4/c16-7-9-22-14(20)11-18-13(19)6-8-17(15(18)21)10-12-4-2-1-3-5-12/h1-6,8H,9-11H2. The fourth-order valence-electron chi connectivity index (χ4n) is 1.89. The molecule has 0 saturated carbocycles. The lowest BCUT2D eigenvalue weighted by atomic mass is 10.2. The van der Waals surface area contributed by atoms with Crippen molar-refractivity contribution in [2.24, 2.45) is 0 Å². The van der Waals surface area contributed by atoms with E-state index in [-0.39, 0.29) is 6.54 Å². The number of benzene rings is 1. The molecule has 2 aromatic rings. The van der Waals surface area contributed by atoms with Gasteiger partial charge in [0.05, 0.1) is 6.54 Å². The molecular weight excluding hydrogens is 286 g/mol. The molecular formula is C15H13N3O4. The Bertz CT molecular complexity index is 815. The first kappa shape index (κ1) is 15.3. The number of aromatic nitrogens is 2. The maximum atomic E-state index is 12.3. The largest absolute Gasteiger partial charge is 0.449 e. The van der Waals surface area contributed by atoms with E-state index in [0.717, 1.165) is 10.1 Å². The van der Waals surface area contributed by atoms with Crippen molar-refractivity contribution >= 4 is 5.97 Å². The molecule has 1 aromatic heterocycles. The fourth-order valence-corrected chi connectivity index (χ4v) is 1.89. The number of carbonyl (C=O) groups excluding carboxylic acids is 1. The van der Waals surface area contributed by atoms with Gasteiger partial charge in [-0.3, -0.25) is 14.2 Å². The Morgan fingerprint density at radius 3 is 2.59 bits per heavy atom. The van der Waals surface area contributed by atoms with Crippen LogP contribution in [0.25, 0.3) is 0 Å². The monoisotopic (exact) mass is 299 g/mol. The Morgan fingerprint density at radius 1 is 1.18 bits per heavy atom. The lowest BCUT2D eigenvalue weighted by molar-refractivity contribution is -0.143. The normalized spacial score (nSPS) is 9.95. The minimum absolute atomic E-state index is 0.285. The molecule has 112 valence electrons. The molecule has 0 bridgehead atoms. The van der Waals surface area contributed by atoms with Crippen LogP contribution in [0.5, 0.6) is 0 Å². The van der Waals surface area contributed by atoms with E-state index >= 15 is 0 Å². The summed E-state index contributed by atoms with van der Waals surface area (Å²) >= 11 is 0. The van der Waals surface area contributed by atoms with Crippen molar-refractivity contribution in [2.45, 2.75) is 13.1 Å². The van der Waals surface area contributed by atoms with Crippen LogP contribution in [0.3, 0.4) is 0 Å². The van der Waals surface area contributed by atoms with E-state index in [1.54, 1.807) is 6.07 Å². The molecule has 0 saturated heterocycles. The smallest absolute Gasteiger partial charge is 0.331 e. The van der Waals surface area contributed by atoms with Gasteiger partial charge in [0.2, 0.25) is 0 Å². The maximum Gasteiger partial charge on any atom is 0.331 e. The van der Waals surface area contributed by atoms with E-state index in [2.05, 4.69) is 4.74 Å². The van der Waals surface area contributed by atoms with Gasteiger partial charge >= 0.3 is 11.7 Å². The van der Waals surface area contributed by atoms with Crippen molar-refractivity contribution < 1.29 is 9.53 Å². The van der Waals surface area contributed by atoms with Crippen molar-refractivity contribution in [2.75, 3.05) is 6.61 Å². The van der Waals surface area contributed by atoms with Crippen LogP contribution in [0.2, 0.25) is 0 Å². The summed E-state index contributed by atoms with van der Waals surface area (Å²) in [6.07, 6.45) is 1.38. The number of carbonyl (C=O) groups is 1. The molecule has 0 spiro atoms. The summed E-state index contributed by atoms with van der Waals surface area (Å²) in [6.45, 7) is -0.652. The highest BCUT2D eigenvalue weighted by Crippen LogP contribution is 1.99. The molecule has 2 rings (SSSR count). The molecule has 0 fully saturated rings. The second kappa shape index (κ2) is 7.04. The van der Waals surface area contributed by atoms with Crippen molar-refractivity contribution in [3.63, 3.8) is 0 Å². The molecule has 7 nitrogen and oxygen atoms in total. The highest BCUT2D eigenvalue weighted by Gasteiger charge is 2.11. The molecule has 0 unspecified atom stereocenters. The van der Waals surface area contributed by atoms with Crippen LogP contribution in [0.4, 0.5) is 0 Å². The predicted molar refractivity (Wildman–Crippen MR) is 77.1 cm³/mol. The van der Waals surface area contributed by atoms with Crippen LogP contribution in [0.1, 0.15) is 5.56 Å². The van der Waals surface area contributed by atoms with Gasteiger partial charge in [0.1, 0.15) is 12.6 Å². The SMILES string of the molecule is N#CCOC(=O)Cn1c(=O)ccn(Cc2ccccc2)c1=O. The minimum Gasteiger partial charge on any atom is -0.449 e. The maximum absolute atomic E-state index is 12.3. The van der Waals surface area contributed by atoms with Gasteiger partial charge in [-0.2, -0.15) is 5.26 Å². The summed E-state index contributed by atoms with van der Waals surface area (Å²) in [4.78, 5) is 35.5. The number of rotatable bonds is 5. The summed E-state index contributed by atoms with van der Waals surface area (Å²) in [6, 6.07) is 12.1. The fraction of sp³-hybridized carbons (Fsp3) is 0.200. The zero-order chi connectivity index (χ0) is 15.9. The molecule has 0 radical (unpaired) electrons. The molecule has 0 aliphatic rings. The quantitative estimate of drug-likeness (QED) is 0.731. The summed E-state index contributed by atoms with van der Waals surface area (Å²) in [5.41, 5.74) is -0.310. The molecule has 1 aromatic carbocycles. The second-order valence-corrected chi connectivity index (χ2v) is 4.45. The van der Waals surface area contributed by atoms with Gasteiger partial charge in [-0.15, -0.1) is 0 Å². The summed E-state index contributed by atoms with van der Waals surface area (Å²) in [5, 5.41) is 8.34. The van der Waals surface area contributed by atoms with Crippen LogP contribution in [-0.2, 0) is 22.6 Å². The van der Waals surface area contributed by atoms with Gasteiger partial charge in [-0.1, -0.05) is 30.3 Å². The summed E-state index contributed by atoms with van der Waals surface area (Å²) in [7, 11) is 0. The van der Waals surface area contributed by atoms with Crippen molar-refractivity contribution in [3.8, 4) is 6.07 Å². The lowest BCUT2D eigenvalue weighted by Crippen LogP contribution is -2.41. The van der Waals surface area contributed by atoms with Gasteiger partial charge in [-0.25, -0.2) is 9.36 Å². The first-order chi connectivity index (χ1) is 10.6. The van der Waals surface area contributed by atoms with Gasteiger partial charge in [0, 0.05) is 12.3 Å².